The van der Waals surface area contributed by atoms with Crippen molar-refractivity contribution in [3.8, 4) is 5.75 Å². The molecule has 0 aliphatic carbocycles. The lowest BCUT2D eigenvalue weighted by molar-refractivity contribution is -0.268. The van der Waals surface area contributed by atoms with Crippen LogP contribution in [-0.4, -0.2) is 19.5 Å². The van der Waals surface area contributed by atoms with Crippen molar-refractivity contribution in [1.82, 2.24) is 0 Å². The number of carboxylic acid groups (broad SMARTS) is 1. The lowest BCUT2D eigenvalue weighted by Gasteiger charge is -2.16. The maximum Gasteiger partial charge on any atom is 0.335 e. The van der Waals surface area contributed by atoms with Gasteiger partial charge in [0.2, 0.25) is 0 Å². The van der Waals surface area contributed by atoms with E-state index >= 15 is 0 Å². The number of nitrogens with one attached hydrogen (secondary N) is 1. The molecule has 23 heavy (non-hydrogen) atoms. The molecule has 0 amide bonds. The molecule has 2 aromatic carbocycles. The van der Waals surface area contributed by atoms with Gasteiger partial charge >= 0.3 is 5.97 Å². The van der Waals surface area contributed by atoms with Gasteiger partial charge in [0.25, 0.3) is 10.0 Å². The number of sulfonamides is 1. The highest BCUT2D eigenvalue weighted by molar-refractivity contribution is 7.92. The first-order valence-corrected chi connectivity index (χ1v) is 8.25. The molecule has 0 aliphatic heterocycles. The van der Waals surface area contributed by atoms with E-state index in [9.17, 15) is 18.3 Å². The summed E-state index contributed by atoms with van der Waals surface area (Å²) in [5, 5.41) is 20.4. The fourth-order valence-electron chi connectivity index (χ4n) is 2.56. The lowest BCUT2D eigenvalue weighted by Crippen LogP contribution is -2.16. The molecular formula is C16H16NO5S-. The summed E-state index contributed by atoms with van der Waals surface area (Å²) in [5.74, 6) is -2.08. The summed E-state index contributed by atoms with van der Waals surface area (Å²) < 4.78 is 27.5. The summed E-state index contributed by atoms with van der Waals surface area (Å²) in [6.45, 7) is 5.26. The van der Waals surface area contributed by atoms with Gasteiger partial charge in [0.1, 0.15) is 0 Å². The Morgan fingerprint density at radius 2 is 1.65 bits per heavy atom. The van der Waals surface area contributed by atoms with Crippen molar-refractivity contribution in [2.45, 2.75) is 25.7 Å². The third kappa shape index (κ3) is 3.45. The average Bonchev–Trinajstić information content (AvgIpc) is 2.38. The summed E-state index contributed by atoms with van der Waals surface area (Å²) >= 11 is 0. The van der Waals surface area contributed by atoms with E-state index in [4.69, 9.17) is 5.11 Å². The maximum absolute atomic E-state index is 12.6. The molecule has 0 aliphatic rings. The number of aryl methyl sites for hydroxylation is 3. The molecule has 0 saturated heterocycles. The first-order valence-electron chi connectivity index (χ1n) is 6.77. The summed E-state index contributed by atoms with van der Waals surface area (Å²) in [4.78, 5) is 11.1. The van der Waals surface area contributed by atoms with Crippen LogP contribution in [0.5, 0.6) is 5.75 Å². The predicted molar refractivity (Wildman–Crippen MR) is 84.3 cm³/mol. The number of anilines is 1. The number of carbonyl (C=O) groups is 1. The van der Waals surface area contributed by atoms with Crippen molar-refractivity contribution in [2.24, 2.45) is 0 Å². The van der Waals surface area contributed by atoms with Crippen LogP contribution in [0.4, 0.5) is 5.69 Å². The fourth-order valence-corrected chi connectivity index (χ4v) is 4.06. The summed E-state index contributed by atoms with van der Waals surface area (Å²) in [5.41, 5.74) is 1.68. The molecule has 2 N–H and O–H groups in total. The quantitative estimate of drug-likeness (QED) is 0.891. The molecule has 0 fully saturated rings. The van der Waals surface area contributed by atoms with E-state index in [1.165, 1.54) is 6.07 Å². The zero-order chi connectivity index (χ0) is 17.4. The number of hydrogen-bond donors (Lipinski definition) is 2. The first kappa shape index (κ1) is 16.8. The molecule has 0 spiro atoms. The zero-order valence-electron chi connectivity index (χ0n) is 12.9. The van der Waals surface area contributed by atoms with Crippen molar-refractivity contribution in [1.29, 1.82) is 0 Å². The Balaban J connectivity index is 2.48. The molecule has 0 bridgehead atoms. The van der Waals surface area contributed by atoms with Crippen LogP contribution >= 0.6 is 0 Å². The number of hydrogen-bond acceptors (Lipinski definition) is 4. The molecule has 6 nitrogen and oxygen atoms in total. The van der Waals surface area contributed by atoms with Crippen LogP contribution in [0.2, 0.25) is 0 Å². The van der Waals surface area contributed by atoms with Gasteiger partial charge in [-0.2, -0.15) is 0 Å². The number of aromatic carboxylic acids is 1. The Morgan fingerprint density at radius 1 is 1.09 bits per heavy atom. The van der Waals surface area contributed by atoms with E-state index in [1.807, 2.05) is 6.92 Å². The Bertz CT molecular complexity index is 864. The van der Waals surface area contributed by atoms with E-state index < -0.39 is 27.3 Å². The molecule has 2 aromatic rings. The lowest BCUT2D eigenvalue weighted by atomic mass is 10.1. The summed E-state index contributed by atoms with van der Waals surface area (Å²) in [6, 6.07) is 6.79. The van der Waals surface area contributed by atoms with Crippen LogP contribution < -0.4 is 9.83 Å². The SMILES string of the molecule is Cc1cc(C)c(S(=O)(=O)Nc2ccc([O-])c(C(=O)O)c2)c(C)c1. The summed E-state index contributed by atoms with van der Waals surface area (Å²) in [7, 11) is -3.89. The zero-order valence-corrected chi connectivity index (χ0v) is 13.7. The molecule has 0 heterocycles. The third-order valence-electron chi connectivity index (χ3n) is 3.34. The normalized spacial score (nSPS) is 11.3. The largest absolute Gasteiger partial charge is 0.872 e. The van der Waals surface area contributed by atoms with Crippen LogP contribution in [0.3, 0.4) is 0 Å². The third-order valence-corrected chi connectivity index (χ3v) is 5.02. The van der Waals surface area contributed by atoms with Crippen LogP contribution in [0, 0.1) is 20.8 Å². The predicted octanol–water partition coefficient (Wildman–Crippen LogP) is 2.18. The van der Waals surface area contributed by atoms with Crippen molar-refractivity contribution < 1.29 is 23.4 Å². The molecule has 2 rings (SSSR count). The molecule has 0 radical (unpaired) electrons. The van der Waals surface area contributed by atoms with Crippen molar-refractivity contribution in [2.75, 3.05) is 4.72 Å². The van der Waals surface area contributed by atoms with Gasteiger partial charge in [-0.25, -0.2) is 13.2 Å². The Hall–Kier alpha value is -2.54. The Kier molecular flexibility index (Phi) is 4.33. The molecule has 0 saturated carbocycles. The van der Waals surface area contributed by atoms with Gasteiger partial charge in [0.15, 0.2) is 0 Å². The number of benzene rings is 2. The second kappa shape index (κ2) is 5.92. The van der Waals surface area contributed by atoms with Gasteiger partial charge in [-0.05, 0) is 44.0 Å². The molecule has 122 valence electrons. The van der Waals surface area contributed by atoms with E-state index in [1.54, 1.807) is 26.0 Å². The highest BCUT2D eigenvalue weighted by Crippen LogP contribution is 2.26. The molecule has 0 unspecified atom stereocenters. The number of carboxylic acids is 1. The summed E-state index contributed by atoms with van der Waals surface area (Å²) in [6.07, 6.45) is 0. The fraction of sp³-hybridized carbons (Fsp3) is 0.188. The van der Waals surface area contributed by atoms with E-state index in [-0.39, 0.29) is 10.6 Å². The standard InChI is InChI=1S/C16H17NO5S/c1-9-6-10(2)15(11(3)7-9)23(21,22)17-12-4-5-14(18)13(8-12)16(19)20/h4-8,17-18H,1-3H3,(H,19,20)/p-1. The Morgan fingerprint density at radius 3 is 2.17 bits per heavy atom. The van der Waals surface area contributed by atoms with Crippen LogP contribution in [-0.2, 0) is 10.0 Å². The van der Waals surface area contributed by atoms with Gasteiger partial charge in [0, 0.05) is 5.69 Å². The highest BCUT2D eigenvalue weighted by Gasteiger charge is 2.20. The van der Waals surface area contributed by atoms with E-state index in [2.05, 4.69) is 4.72 Å². The van der Waals surface area contributed by atoms with Gasteiger partial charge < -0.3 is 10.2 Å². The highest BCUT2D eigenvalue weighted by atomic mass is 32.2. The van der Waals surface area contributed by atoms with Gasteiger partial charge in [-0.15, -0.1) is 0 Å². The minimum absolute atomic E-state index is 0.0291. The van der Waals surface area contributed by atoms with Crippen molar-refractivity contribution in [3.63, 3.8) is 0 Å². The second-order valence-corrected chi connectivity index (χ2v) is 6.97. The smallest absolute Gasteiger partial charge is 0.335 e. The maximum atomic E-state index is 12.6. The van der Waals surface area contributed by atoms with Crippen LogP contribution in [0.25, 0.3) is 0 Å². The van der Waals surface area contributed by atoms with Gasteiger partial charge in [-0.3, -0.25) is 4.72 Å². The van der Waals surface area contributed by atoms with E-state index in [0.29, 0.717) is 11.1 Å². The monoisotopic (exact) mass is 334 g/mol. The van der Waals surface area contributed by atoms with Crippen LogP contribution in [0.1, 0.15) is 27.0 Å². The van der Waals surface area contributed by atoms with Crippen molar-refractivity contribution in [3.05, 3.63) is 52.6 Å². The second-order valence-electron chi connectivity index (χ2n) is 5.35. The van der Waals surface area contributed by atoms with Gasteiger partial charge in [-0.1, -0.05) is 29.5 Å². The van der Waals surface area contributed by atoms with Crippen LogP contribution in [0.15, 0.2) is 35.2 Å². The minimum Gasteiger partial charge on any atom is -0.872 e. The van der Waals surface area contributed by atoms with E-state index in [0.717, 1.165) is 17.7 Å². The average molecular weight is 334 g/mol. The first-order chi connectivity index (χ1) is 10.6. The van der Waals surface area contributed by atoms with Gasteiger partial charge in [0.05, 0.1) is 10.5 Å². The topological polar surface area (TPSA) is 107 Å². The molecule has 0 atom stereocenters. The molecular weight excluding hydrogens is 318 g/mol. The molecule has 0 aromatic heterocycles. The number of rotatable bonds is 4. The van der Waals surface area contributed by atoms with Crippen molar-refractivity contribution >= 4 is 21.7 Å². The Labute approximate surface area is 134 Å². The molecule has 7 heteroatoms. The minimum atomic E-state index is -3.89.